The summed E-state index contributed by atoms with van der Waals surface area (Å²) >= 11 is 0. The highest BCUT2D eigenvalue weighted by Crippen LogP contribution is 2.15. The molecular weight excluding hydrogens is 297 g/mol. The fraction of sp³-hybridized carbons (Fsp3) is 0.429. The smallest absolute Gasteiger partial charge is 0.356 e. The Morgan fingerprint density at radius 2 is 2.05 bits per heavy atom. The molecule has 120 valence electrons. The molecule has 0 aliphatic heterocycles. The van der Waals surface area contributed by atoms with Crippen molar-refractivity contribution in [3.05, 3.63) is 34.6 Å². The van der Waals surface area contributed by atoms with E-state index in [0.29, 0.717) is 36.4 Å². The van der Waals surface area contributed by atoms with Gasteiger partial charge in [0.15, 0.2) is 0 Å². The maximum Gasteiger partial charge on any atom is 0.401 e. The Balaban J connectivity index is 1.86. The zero-order valence-electron chi connectivity index (χ0n) is 12.1. The number of aromatic amines is 1. The Bertz CT molecular complexity index is 684. The van der Waals surface area contributed by atoms with Crippen molar-refractivity contribution in [3.8, 4) is 0 Å². The zero-order valence-corrected chi connectivity index (χ0v) is 12.1. The molecule has 2 aromatic rings. The molecule has 0 bridgehead atoms. The largest absolute Gasteiger partial charge is 0.401 e. The third-order valence-corrected chi connectivity index (χ3v) is 3.07. The van der Waals surface area contributed by atoms with Gasteiger partial charge < -0.3 is 5.32 Å². The second-order valence-electron chi connectivity index (χ2n) is 5.06. The van der Waals surface area contributed by atoms with Gasteiger partial charge in [-0.05, 0) is 32.1 Å². The molecule has 0 fully saturated rings. The molecular formula is C14H17F3N4O. The number of nitrogens with one attached hydrogen (secondary N) is 2. The van der Waals surface area contributed by atoms with Gasteiger partial charge in [0.1, 0.15) is 0 Å². The number of anilines is 1. The first-order chi connectivity index (χ1) is 10.3. The first-order valence-electron chi connectivity index (χ1n) is 6.83. The van der Waals surface area contributed by atoms with Crippen LogP contribution in [0.3, 0.4) is 0 Å². The Hall–Kier alpha value is -2.09. The highest BCUT2D eigenvalue weighted by atomic mass is 19.4. The lowest BCUT2D eigenvalue weighted by Gasteiger charge is -2.18. The van der Waals surface area contributed by atoms with E-state index in [4.69, 9.17) is 0 Å². The third kappa shape index (κ3) is 4.73. The minimum atomic E-state index is -4.19. The third-order valence-electron chi connectivity index (χ3n) is 3.07. The van der Waals surface area contributed by atoms with E-state index in [1.165, 1.54) is 11.9 Å². The van der Waals surface area contributed by atoms with Crippen LogP contribution in [0.5, 0.6) is 0 Å². The minimum absolute atomic E-state index is 0.248. The summed E-state index contributed by atoms with van der Waals surface area (Å²) in [4.78, 5) is 19.9. The predicted molar refractivity (Wildman–Crippen MR) is 79.0 cm³/mol. The van der Waals surface area contributed by atoms with Crippen molar-refractivity contribution in [1.82, 2.24) is 14.9 Å². The molecule has 0 aliphatic rings. The summed E-state index contributed by atoms with van der Waals surface area (Å²) in [5.41, 5.74) is 0.324. The summed E-state index contributed by atoms with van der Waals surface area (Å²) in [6.07, 6.45) is -3.68. The van der Waals surface area contributed by atoms with Gasteiger partial charge in [-0.25, -0.2) is 4.98 Å². The summed E-state index contributed by atoms with van der Waals surface area (Å²) in [7, 11) is 1.42. The lowest BCUT2D eigenvalue weighted by Crippen LogP contribution is -2.32. The van der Waals surface area contributed by atoms with E-state index in [2.05, 4.69) is 15.3 Å². The van der Waals surface area contributed by atoms with Gasteiger partial charge in [-0.3, -0.25) is 14.7 Å². The second kappa shape index (κ2) is 6.78. The van der Waals surface area contributed by atoms with E-state index in [1.54, 1.807) is 24.3 Å². The van der Waals surface area contributed by atoms with Crippen LogP contribution in [-0.2, 0) is 0 Å². The predicted octanol–water partition coefficient (Wildman–Crippen LogP) is 2.22. The van der Waals surface area contributed by atoms with E-state index in [1.807, 2.05) is 0 Å². The fourth-order valence-corrected chi connectivity index (χ4v) is 2.11. The van der Waals surface area contributed by atoms with Gasteiger partial charge in [-0.1, -0.05) is 12.1 Å². The van der Waals surface area contributed by atoms with Crippen LogP contribution in [0.2, 0.25) is 0 Å². The van der Waals surface area contributed by atoms with Crippen LogP contribution in [0.25, 0.3) is 10.9 Å². The van der Waals surface area contributed by atoms with Crippen LogP contribution in [-0.4, -0.2) is 47.7 Å². The number of halogens is 3. The van der Waals surface area contributed by atoms with E-state index >= 15 is 0 Å². The van der Waals surface area contributed by atoms with Gasteiger partial charge in [0.2, 0.25) is 5.95 Å². The van der Waals surface area contributed by atoms with Crippen LogP contribution in [0.1, 0.15) is 6.42 Å². The Labute approximate surface area is 125 Å². The summed E-state index contributed by atoms with van der Waals surface area (Å²) in [6.45, 7) is -0.216. The van der Waals surface area contributed by atoms with Crippen LogP contribution in [0.4, 0.5) is 19.1 Å². The van der Waals surface area contributed by atoms with Crippen LogP contribution in [0, 0.1) is 0 Å². The topological polar surface area (TPSA) is 61.0 Å². The van der Waals surface area contributed by atoms with Crippen molar-refractivity contribution < 1.29 is 13.2 Å². The van der Waals surface area contributed by atoms with Gasteiger partial charge in [0.05, 0.1) is 17.4 Å². The second-order valence-corrected chi connectivity index (χ2v) is 5.06. The minimum Gasteiger partial charge on any atom is -0.356 e. The molecule has 0 atom stereocenters. The molecule has 1 aromatic heterocycles. The Morgan fingerprint density at radius 1 is 1.32 bits per heavy atom. The molecule has 0 radical (unpaired) electrons. The quantitative estimate of drug-likeness (QED) is 0.803. The number of alkyl halides is 3. The fourth-order valence-electron chi connectivity index (χ4n) is 2.11. The van der Waals surface area contributed by atoms with E-state index in [-0.39, 0.29) is 5.56 Å². The Kier molecular flexibility index (Phi) is 5.02. The number of H-pyrrole nitrogens is 1. The standard InChI is InChI=1S/C14H17F3N4O/c1-21(9-14(15,16)17)8-4-7-18-13-19-11-6-3-2-5-10(11)12(22)20-13/h2-3,5-6H,4,7-9H2,1H3,(H2,18,19,20,22). The number of hydrogen-bond donors (Lipinski definition) is 2. The molecule has 0 amide bonds. The average molecular weight is 314 g/mol. The molecule has 0 spiro atoms. The molecule has 5 nitrogen and oxygen atoms in total. The van der Waals surface area contributed by atoms with Gasteiger partial charge in [0, 0.05) is 6.54 Å². The lowest BCUT2D eigenvalue weighted by molar-refractivity contribution is -0.142. The number of hydrogen-bond acceptors (Lipinski definition) is 4. The maximum absolute atomic E-state index is 12.2. The van der Waals surface area contributed by atoms with Crippen molar-refractivity contribution in [2.45, 2.75) is 12.6 Å². The average Bonchev–Trinajstić information content (AvgIpc) is 2.42. The molecule has 0 aliphatic carbocycles. The lowest BCUT2D eigenvalue weighted by atomic mass is 10.2. The van der Waals surface area contributed by atoms with Crippen molar-refractivity contribution in [1.29, 1.82) is 0 Å². The van der Waals surface area contributed by atoms with E-state index in [0.717, 1.165) is 0 Å². The van der Waals surface area contributed by atoms with Gasteiger partial charge in [-0.2, -0.15) is 13.2 Å². The highest BCUT2D eigenvalue weighted by Gasteiger charge is 2.28. The van der Waals surface area contributed by atoms with Crippen LogP contribution >= 0.6 is 0 Å². The number of fused-ring (bicyclic) bond motifs is 1. The summed E-state index contributed by atoms with van der Waals surface area (Å²) < 4.78 is 36.5. The monoisotopic (exact) mass is 314 g/mol. The van der Waals surface area contributed by atoms with E-state index in [9.17, 15) is 18.0 Å². The van der Waals surface area contributed by atoms with Gasteiger partial charge >= 0.3 is 6.18 Å². The first kappa shape index (κ1) is 16.3. The number of para-hydroxylation sites is 1. The molecule has 8 heteroatoms. The maximum atomic E-state index is 12.2. The molecule has 2 rings (SSSR count). The summed E-state index contributed by atoms with van der Waals surface area (Å²) in [5.74, 6) is 0.321. The van der Waals surface area contributed by atoms with Crippen LogP contribution in [0.15, 0.2) is 29.1 Å². The first-order valence-corrected chi connectivity index (χ1v) is 6.83. The van der Waals surface area contributed by atoms with Crippen molar-refractivity contribution >= 4 is 16.9 Å². The Morgan fingerprint density at radius 3 is 2.77 bits per heavy atom. The van der Waals surface area contributed by atoms with E-state index < -0.39 is 12.7 Å². The van der Waals surface area contributed by atoms with Crippen LogP contribution < -0.4 is 10.9 Å². The van der Waals surface area contributed by atoms with Crippen molar-refractivity contribution in [3.63, 3.8) is 0 Å². The SMILES string of the molecule is CN(CCCNc1nc2ccccc2c(=O)[nH]1)CC(F)(F)F. The van der Waals surface area contributed by atoms with Gasteiger partial charge in [0.25, 0.3) is 5.56 Å². The summed E-state index contributed by atoms with van der Waals surface area (Å²) in [5, 5.41) is 3.42. The normalized spacial score (nSPS) is 12.0. The number of nitrogens with zero attached hydrogens (tertiary/aromatic N) is 2. The molecule has 0 saturated carbocycles. The molecule has 22 heavy (non-hydrogen) atoms. The van der Waals surface area contributed by atoms with Gasteiger partial charge in [-0.15, -0.1) is 0 Å². The molecule has 1 heterocycles. The number of aromatic nitrogens is 2. The number of benzene rings is 1. The van der Waals surface area contributed by atoms with Crippen molar-refractivity contribution in [2.75, 3.05) is 32.0 Å². The molecule has 1 aromatic carbocycles. The van der Waals surface area contributed by atoms with Crippen molar-refractivity contribution in [2.24, 2.45) is 0 Å². The molecule has 0 saturated heterocycles. The zero-order chi connectivity index (χ0) is 16.2. The molecule has 2 N–H and O–H groups in total. The summed E-state index contributed by atoms with van der Waals surface area (Å²) in [6, 6.07) is 6.94. The number of rotatable bonds is 6. The highest BCUT2D eigenvalue weighted by molar-refractivity contribution is 5.78. The molecule has 0 unspecified atom stereocenters.